The molecule has 108 valence electrons. The summed E-state index contributed by atoms with van der Waals surface area (Å²) >= 11 is 0. The highest BCUT2D eigenvalue weighted by Gasteiger charge is 2.15. The summed E-state index contributed by atoms with van der Waals surface area (Å²) in [5.41, 5.74) is 1.15. The first-order chi connectivity index (χ1) is 10.2. The van der Waals surface area contributed by atoms with Gasteiger partial charge in [0, 0.05) is 24.6 Å². The number of nitrogens with zero attached hydrogens (tertiary/aromatic N) is 1. The molecule has 1 aromatic heterocycles. The van der Waals surface area contributed by atoms with E-state index < -0.39 is 17.9 Å². The molecule has 1 aromatic carbocycles. The van der Waals surface area contributed by atoms with Crippen LogP contribution in [0.2, 0.25) is 0 Å². The second kappa shape index (κ2) is 7.16. The van der Waals surface area contributed by atoms with Crippen LogP contribution in [-0.2, 0) is 9.59 Å². The number of amides is 2. The van der Waals surface area contributed by atoms with E-state index in [1.807, 2.05) is 6.07 Å². The molecule has 2 amide bonds. The van der Waals surface area contributed by atoms with E-state index in [9.17, 15) is 14.7 Å². The van der Waals surface area contributed by atoms with Crippen LogP contribution in [0, 0.1) is 0 Å². The highest BCUT2D eigenvalue weighted by atomic mass is 16.3. The lowest BCUT2D eigenvalue weighted by atomic mass is 10.1. The number of nitrogens with one attached hydrogen (secondary N) is 2. The van der Waals surface area contributed by atoms with Gasteiger partial charge in [0.15, 0.2) is 0 Å². The van der Waals surface area contributed by atoms with Gasteiger partial charge in [-0.3, -0.25) is 14.6 Å². The van der Waals surface area contributed by atoms with Gasteiger partial charge in [-0.2, -0.15) is 0 Å². The van der Waals surface area contributed by atoms with Crippen molar-refractivity contribution in [3.63, 3.8) is 0 Å². The van der Waals surface area contributed by atoms with E-state index in [1.54, 1.807) is 36.4 Å². The van der Waals surface area contributed by atoms with Gasteiger partial charge in [0.05, 0.1) is 6.10 Å². The van der Waals surface area contributed by atoms with Crippen LogP contribution in [0.4, 0.5) is 5.69 Å². The summed E-state index contributed by atoms with van der Waals surface area (Å²) in [6, 6.07) is 12.0. The number of carbonyl (C=O) groups is 2. The van der Waals surface area contributed by atoms with Gasteiger partial charge in [0.2, 0.25) is 0 Å². The van der Waals surface area contributed by atoms with Crippen molar-refractivity contribution in [3.05, 3.63) is 60.4 Å². The average Bonchev–Trinajstić information content (AvgIpc) is 2.54. The Morgan fingerprint density at radius 1 is 1.05 bits per heavy atom. The number of pyridine rings is 1. The molecule has 0 aliphatic rings. The highest BCUT2D eigenvalue weighted by Crippen LogP contribution is 2.10. The Hall–Kier alpha value is -2.73. The minimum absolute atomic E-state index is 0.0351. The zero-order valence-electron chi connectivity index (χ0n) is 11.2. The fourth-order valence-electron chi connectivity index (χ4n) is 1.69. The molecule has 1 heterocycles. The molecule has 2 aromatic rings. The number of aliphatic hydroxyl groups excluding tert-OH is 1. The Morgan fingerprint density at radius 2 is 1.71 bits per heavy atom. The molecule has 2 rings (SSSR count). The van der Waals surface area contributed by atoms with Crippen LogP contribution in [0.1, 0.15) is 11.7 Å². The largest absolute Gasteiger partial charge is 0.387 e. The molecule has 0 aliphatic carbocycles. The second-order valence-electron chi connectivity index (χ2n) is 4.33. The van der Waals surface area contributed by atoms with Gasteiger partial charge in [0.1, 0.15) is 0 Å². The van der Waals surface area contributed by atoms with E-state index in [2.05, 4.69) is 15.6 Å². The van der Waals surface area contributed by atoms with E-state index in [4.69, 9.17) is 0 Å². The van der Waals surface area contributed by atoms with Crippen LogP contribution in [-0.4, -0.2) is 28.4 Å². The highest BCUT2D eigenvalue weighted by molar-refractivity contribution is 6.39. The molecule has 6 nitrogen and oxygen atoms in total. The molecule has 0 saturated carbocycles. The van der Waals surface area contributed by atoms with Gasteiger partial charge in [-0.05, 0) is 17.7 Å². The van der Waals surface area contributed by atoms with Gasteiger partial charge in [-0.25, -0.2) is 0 Å². The van der Waals surface area contributed by atoms with Crippen molar-refractivity contribution < 1.29 is 14.7 Å². The Labute approximate surface area is 121 Å². The Bertz CT molecular complexity index is 602. The summed E-state index contributed by atoms with van der Waals surface area (Å²) in [4.78, 5) is 27.1. The van der Waals surface area contributed by atoms with Crippen molar-refractivity contribution >= 4 is 17.5 Å². The third-order valence-electron chi connectivity index (χ3n) is 2.78. The fourth-order valence-corrected chi connectivity index (χ4v) is 1.69. The Kier molecular flexibility index (Phi) is 5.00. The molecular weight excluding hydrogens is 270 g/mol. The zero-order chi connectivity index (χ0) is 15.1. The van der Waals surface area contributed by atoms with Gasteiger partial charge < -0.3 is 15.7 Å². The van der Waals surface area contributed by atoms with Crippen molar-refractivity contribution in [2.75, 3.05) is 11.9 Å². The molecule has 0 bridgehead atoms. The number of anilines is 1. The van der Waals surface area contributed by atoms with Crippen LogP contribution in [0.25, 0.3) is 0 Å². The van der Waals surface area contributed by atoms with Gasteiger partial charge in [0.25, 0.3) is 0 Å². The van der Waals surface area contributed by atoms with Crippen LogP contribution in [0.5, 0.6) is 0 Å². The fraction of sp³-hybridized carbons (Fsp3) is 0.133. The number of aromatic nitrogens is 1. The SMILES string of the molecule is O=C(NCC(O)c1ccccc1)C(=O)Nc1ccncc1. The molecule has 3 N–H and O–H groups in total. The quantitative estimate of drug-likeness (QED) is 0.727. The van der Waals surface area contributed by atoms with Gasteiger partial charge >= 0.3 is 11.8 Å². The first-order valence-electron chi connectivity index (χ1n) is 6.39. The number of rotatable bonds is 4. The first kappa shape index (κ1) is 14.7. The summed E-state index contributed by atoms with van der Waals surface area (Å²) in [6.07, 6.45) is 2.16. The summed E-state index contributed by atoms with van der Waals surface area (Å²) in [6.45, 7) is -0.0351. The normalized spacial score (nSPS) is 11.5. The maximum atomic E-state index is 11.6. The molecule has 0 saturated heterocycles. The van der Waals surface area contributed by atoms with Crippen molar-refractivity contribution in [2.24, 2.45) is 0 Å². The predicted octanol–water partition coefficient (Wildman–Crippen LogP) is 0.870. The molecule has 0 spiro atoms. The van der Waals surface area contributed by atoms with Crippen molar-refractivity contribution in [2.45, 2.75) is 6.10 Å². The summed E-state index contributed by atoms with van der Waals surface area (Å²) < 4.78 is 0. The van der Waals surface area contributed by atoms with E-state index in [0.717, 1.165) is 0 Å². The predicted molar refractivity (Wildman–Crippen MR) is 77.3 cm³/mol. The van der Waals surface area contributed by atoms with E-state index in [-0.39, 0.29) is 6.54 Å². The monoisotopic (exact) mass is 285 g/mol. The molecule has 0 radical (unpaired) electrons. The lowest BCUT2D eigenvalue weighted by molar-refractivity contribution is -0.136. The molecule has 1 atom stereocenters. The van der Waals surface area contributed by atoms with Crippen molar-refractivity contribution in [1.82, 2.24) is 10.3 Å². The topological polar surface area (TPSA) is 91.3 Å². The molecule has 0 aliphatic heterocycles. The van der Waals surface area contributed by atoms with Crippen LogP contribution < -0.4 is 10.6 Å². The molecule has 21 heavy (non-hydrogen) atoms. The summed E-state index contributed by atoms with van der Waals surface area (Å²) in [5.74, 6) is -1.59. The number of hydrogen-bond acceptors (Lipinski definition) is 4. The summed E-state index contributed by atoms with van der Waals surface area (Å²) in [5, 5.41) is 14.7. The molecule has 1 unspecified atom stereocenters. The molecule has 6 heteroatoms. The van der Waals surface area contributed by atoms with E-state index in [0.29, 0.717) is 11.3 Å². The average molecular weight is 285 g/mol. The Balaban J connectivity index is 1.83. The Morgan fingerprint density at radius 3 is 2.38 bits per heavy atom. The minimum Gasteiger partial charge on any atom is -0.387 e. The number of aliphatic hydroxyl groups is 1. The maximum absolute atomic E-state index is 11.6. The van der Waals surface area contributed by atoms with Gasteiger partial charge in [-0.15, -0.1) is 0 Å². The number of carbonyl (C=O) groups excluding carboxylic acids is 2. The van der Waals surface area contributed by atoms with Crippen molar-refractivity contribution in [3.8, 4) is 0 Å². The lowest BCUT2D eigenvalue weighted by Crippen LogP contribution is -2.37. The molecular formula is C15H15N3O3. The van der Waals surface area contributed by atoms with E-state index >= 15 is 0 Å². The second-order valence-corrected chi connectivity index (χ2v) is 4.33. The summed E-state index contributed by atoms with van der Waals surface area (Å²) in [7, 11) is 0. The first-order valence-corrected chi connectivity index (χ1v) is 6.39. The standard InChI is InChI=1S/C15H15N3O3/c19-13(11-4-2-1-3-5-11)10-17-14(20)15(21)18-12-6-8-16-9-7-12/h1-9,13,19H,10H2,(H,17,20)(H,16,18,21). The lowest BCUT2D eigenvalue weighted by Gasteiger charge is -2.12. The van der Waals surface area contributed by atoms with Crippen LogP contribution in [0.3, 0.4) is 0 Å². The third kappa shape index (κ3) is 4.39. The maximum Gasteiger partial charge on any atom is 0.313 e. The van der Waals surface area contributed by atoms with Crippen molar-refractivity contribution in [1.29, 1.82) is 0 Å². The minimum atomic E-state index is -0.858. The number of hydrogen-bond donors (Lipinski definition) is 3. The third-order valence-corrected chi connectivity index (χ3v) is 2.78. The van der Waals surface area contributed by atoms with E-state index in [1.165, 1.54) is 12.4 Å². The van der Waals surface area contributed by atoms with Gasteiger partial charge in [-0.1, -0.05) is 30.3 Å². The molecule has 0 fully saturated rings. The van der Waals surface area contributed by atoms with Crippen LogP contribution in [0.15, 0.2) is 54.9 Å². The number of benzene rings is 1. The van der Waals surface area contributed by atoms with Crippen LogP contribution >= 0.6 is 0 Å². The zero-order valence-corrected chi connectivity index (χ0v) is 11.2. The smallest absolute Gasteiger partial charge is 0.313 e.